The number of Topliss-reactive ketones (excluding diaryl/α,β-unsaturated/α-hetero) is 3. The van der Waals surface area contributed by atoms with Gasteiger partial charge in [-0.25, -0.2) is 16.3 Å². The van der Waals surface area contributed by atoms with Crippen LogP contribution >= 0.6 is 47.6 Å². The van der Waals surface area contributed by atoms with Gasteiger partial charge in [-0.3, -0.25) is 24.6 Å². The Kier molecular flexibility index (Phi) is 11.9. The van der Waals surface area contributed by atoms with Crippen LogP contribution in [0, 0.1) is 11.9 Å². The van der Waals surface area contributed by atoms with E-state index in [1.807, 2.05) is 0 Å². The lowest BCUT2D eigenvalue weighted by atomic mass is 10.2. The minimum absolute atomic E-state index is 0.00993. The topological polar surface area (TPSA) is 129 Å². The molecule has 0 fully saturated rings. The van der Waals surface area contributed by atoms with Gasteiger partial charge in [0.25, 0.3) is 0 Å². The third kappa shape index (κ3) is 8.51. The van der Waals surface area contributed by atoms with Gasteiger partial charge in [-0.2, -0.15) is 26.4 Å². The molecule has 0 spiro atoms. The fourth-order valence-electron chi connectivity index (χ4n) is 1.69. The van der Waals surface area contributed by atoms with Gasteiger partial charge < -0.3 is 0 Å². The van der Waals surface area contributed by atoms with E-state index in [1.165, 1.54) is 6.92 Å². The number of aromatic nitrogens is 1. The number of rotatable bonds is 13. The lowest BCUT2D eigenvalue weighted by Crippen LogP contribution is -2.49. The molecule has 0 aliphatic heterocycles. The molecular formula is C15H17Cl2F2N5O4S2. The minimum atomic E-state index is -1.32. The molecule has 1 rings (SSSR count). The smallest absolute Gasteiger partial charge is 0.235 e. The van der Waals surface area contributed by atoms with Crippen molar-refractivity contribution in [2.75, 3.05) is 25.4 Å². The summed E-state index contributed by atoms with van der Waals surface area (Å²) in [5.41, 5.74) is 9.78. The SMILES string of the molecule is CC(=O)CNNCC(=O)C(=O)CNN[C@@H](CS)C(=O)Sc1c(Cl)c(F)nc(F)c1Cl. The summed E-state index contributed by atoms with van der Waals surface area (Å²) in [6, 6.07) is -1.02. The van der Waals surface area contributed by atoms with Crippen LogP contribution in [0.5, 0.6) is 0 Å². The molecule has 1 heterocycles. The Morgan fingerprint density at radius 3 is 2.00 bits per heavy atom. The molecule has 166 valence electrons. The van der Waals surface area contributed by atoms with Gasteiger partial charge in [0.2, 0.25) is 28.6 Å². The van der Waals surface area contributed by atoms with E-state index in [2.05, 4.69) is 39.3 Å². The van der Waals surface area contributed by atoms with Gasteiger partial charge in [-0.15, -0.1) is 0 Å². The normalized spacial score (nSPS) is 11.9. The fourth-order valence-corrected chi connectivity index (χ4v) is 3.46. The number of thiol groups is 1. The molecule has 15 heteroatoms. The number of thioether (sulfide) groups is 1. The lowest BCUT2D eigenvalue weighted by Gasteiger charge is -2.16. The van der Waals surface area contributed by atoms with E-state index in [1.54, 1.807) is 0 Å². The first-order valence-corrected chi connectivity index (χ1v) is 10.3. The molecular weight excluding hydrogens is 487 g/mol. The predicted molar refractivity (Wildman–Crippen MR) is 111 cm³/mol. The molecule has 1 aromatic rings. The van der Waals surface area contributed by atoms with Crippen LogP contribution in [0.15, 0.2) is 4.90 Å². The summed E-state index contributed by atoms with van der Waals surface area (Å²) in [5.74, 6) is -4.45. The summed E-state index contributed by atoms with van der Waals surface area (Å²) in [7, 11) is 0. The molecule has 0 unspecified atom stereocenters. The molecule has 1 atom stereocenters. The zero-order valence-corrected chi connectivity index (χ0v) is 18.6. The van der Waals surface area contributed by atoms with Crippen molar-refractivity contribution in [3.63, 3.8) is 0 Å². The van der Waals surface area contributed by atoms with E-state index in [0.29, 0.717) is 11.8 Å². The maximum atomic E-state index is 13.5. The van der Waals surface area contributed by atoms with Crippen LogP contribution < -0.4 is 21.7 Å². The standard InChI is InChI=1S/C15H17Cl2F2N5O4S2/c1-6(25)2-20-21-3-8(26)9(27)4-22-24-7(5-29)15(28)30-12-10(16)13(18)23-14(19)11(12)17/h7,20-22,24,29H,2-5H2,1H3/t7-/m0/s1. The Balaban J connectivity index is 2.55. The van der Waals surface area contributed by atoms with E-state index in [9.17, 15) is 28.0 Å². The lowest BCUT2D eigenvalue weighted by molar-refractivity contribution is -0.135. The molecule has 0 saturated heterocycles. The summed E-state index contributed by atoms with van der Waals surface area (Å²) < 4.78 is 26.9. The first-order valence-electron chi connectivity index (χ1n) is 8.10. The van der Waals surface area contributed by atoms with E-state index >= 15 is 0 Å². The molecule has 0 saturated carbocycles. The van der Waals surface area contributed by atoms with Gasteiger partial charge in [0.15, 0.2) is 0 Å². The first kappa shape index (κ1) is 26.8. The predicted octanol–water partition coefficient (Wildman–Crippen LogP) is 0.499. The first-order chi connectivity index (χ1) is 14.1. The van der Waals surface area contributed by atoms with Gasteiger partial charge in [0.1, 0.15) is 15.8 Å². The van der Waals surface area contributed by atoms with Crippen LogP contribution in [0.1, 0.15) is 6.92 Å². The van der Waals surface area contributed by atoms with Gasteiger partial charge in [-0.1, -0.05) is 23.2 Å². The second-order valence-corrected chi connectivity index (χ2v) is 7.70. The van der Waals surface area contributed by atoms with Gasteiger partial charge >= 0.3 is 0 Å². The maximum Gasteiger partial charge on any atom is 0.235 e. The van der Waals surface area contributed by atoms with Crippen LogP contribution in [0.4, 0.5) is 8.78 Å². The van der Waals surface area contributed by atoms with Crippen LogP contribution in [0.3, 0.4) is 0 Å². The Labute approximate surface area is 189 Å². The number of carbonyl (C=O) groups is 4. The van der Waals surface area contributed by atoms with Crippen molar-refractivity contribution in [3.8, 4) is 0 Å². The maximum absolute atomic E-state index is 13.5. The van der Waals surface area contributed by atoms with Gasteiger partial charge in [0.05, 0.1) is 30.6 Å². The van der Waals surface area contributed by atoms with Crippen molar-refractivity contribution in [2.45, 2.75) is 17.9 Å². The second-order valence-electron chi connectivity index (χ2n) is 5.56. The van der Waals surface area contributed by atoms with Crippen molar-refractivity contribution in [1.29, 1.82) is 0 Å². The number of hydrogen-bond donors (Lipinski definition) is 5. The number of nitrogens with one attached hydrogen (secondary N) is 4. The number of nitrogens with zero attached hydrogens (tertiary/aromatic N) is 1. The van der Waals surface area contributed by atoms with Crippen LogP contribution in [-0.2, 0) is 19.2 Å². The third-order valence-corrected chi connectivity index (χ3v) is 5.55. The number of halogens is 4. The number of pyridine rings is 1. The zero-order chi connectivity index (χ0) is 22.8. The molecule has 1 aromatic heterocycles. The summed E-state index contributed by atoms with van der Waals surface area (Å²) in [4.78, 5) is 49.0. The largest absolute Gasteiger partial charge is 0.299 e. The zero-order valence-electron chi connectivity index (χ0n) is 15.4. The van der Waals surface area contributed by atoms with Crippen molar-refractivity contribution in [3.05, 3.63) is 21.9 Å². The summed E-state index contributed by atoms with van der Waals surface area (Å²) in [5, 5.41) is -1.89. The van der Waals surface area contributed by atoms with Crippen LogP contribution in [-0.4, -0.2) is 58.9 Å². The molecule has 9 nitrogen and oxygen atoms in total. The number of ketones is 3. The van der Waals surface area contributed by atoms with Gasteiger partial charge in [-0.05, 0) is 18.7 Å². The second kappa shape index (κ2) is 13.3. The molecule has 0 radical (unpaired) electrons. The van der Waals surface area contributed by atoms with Crippen molar-refractivity contribution >= 4 is 70.1 Å². The Morgan fingerprint density at radius 1 is 1.00 bits per heavy atom. The number of hydrazine groups is 2. The summed E-state index contributed by atoms with van der Waals surface area (Å²) in [6.07, 6.45) is 0. The average Bonchev–Trinajstić information content (AvgIpc) is 2.69. The number of carbonyl (C=O) groups excluding carboxylic acids is 4. The van der Waals surface area contributed by atoms with E-state index in [4.69, 9.17) is 23.2 Å². The molecule has 4 N–H and O–H groups in total. The minimum Gasteiger partial charge on any atom is -0.299 e. The Bertz CT molecular complexity index is 808. The molecule has 0 aliphatic rings. The van der Waals surface area contributed by atoms with Gasteiger partial charge in [0, 0.05) is 5.75 Å². The monoisotopic (exact) mass is 503 g/mol. The summed E-state index contributed by atoms with van der Waals surface area (Å²) >= 11 is 15.7. The molecule has 0 bridgehead atoms. The molecule has 30 heavy (non-hydrogen) atoms. The summed E-state index contributed by atoms with van der Waals surface area (Å²) in [6.45, 7) is 0.548. The van der Waals surface area contributed by atoms with Crippen molar-refractivity contribution in [1.82, 2.24) is 26.7 Å². The quantitative estimate of drug-likeness (QED) is 0.0647. The molecule has 0 amide bonds. The van der Waals surface area contributed by atoms with Crippen LogP contribution in [0.25, 0.3) is 0 Å². The average molecular weight is 504 g/mol. The highest BCUT2D eigenvalue weighted by Gasteiger charge is 2.25. The van der Waals surface area contributed by atoms with Crippen molar-refractivity contribution in [2.24, 2.45) is 0 Å². The van der Waals surface area contributed by atoms with Crippen LogP contribution in [0.2, 0.25) is 10.0 Å². The molecule has 0 aliphatic carbocycles. The molecule has 0 aromatic carbocycles. The fraction of sp³-hybridized carbons (Fsp3) is 0.400. The third-order valence-electron chi connectivity index (χ3n) is 3.17. The number of hydrogen-bond acceptors (Lipinski definition) is 11. The highest BCUT2D eigenvalue weighted by atomic mass is 35.5. The Hall–Kier alpha value is -1.19. The van der Waals surface area contributed by atoms with E-state index in [-0.39, 0.29) is 29.5 Å². The Morgan fingerprint density at radius 2 is 1.50 bits per heavy atom. The highest BCUT2D eigenvalue weighted by Crippen LogP contribution is 2.37. The highest BCUT2D eigenvalue weighted by molar-refractivity contribution is 8.14. The van der Waals surface area contributed by atoms with E-state index in [0.717, 1.165) is 0 Å². The van der Waals surface area contributed by atoms with Crippen molar-refractivity contribution < 1.29 is 28.0 Å². The van der Waals surface area contributed by atoms with E-state index < -0.39 is 51.2 Å².